The minimum Gasteiger partial charge on any atom is -0.508 e. The highest BCUT2D eigenvalue weighted by Crippen LogP contribution is 2.46. The van der Waals surface area contributed by atoms with Gasteiger partial charge in [0.15, 0.2) is 5.82 Å². The number of fused-ring (bicyclic) bond motifs is 4. The highest BCUT2D eigenvalue weighted by atomic mass is 19.1. The summed E-state index contributed by atoms with van der Waals surface area (Å²) < 4.78 is 38.8. The molecule has 0 unspecified atom stereocenters. The molecule has 1 aliphatic carbocycles. The lowest BCUT2D eigenvalue weighted by atomic mass is 9.95. The van der Waals surface area contributed by atoms with Crippen molar-refractivity contribution < 1.29 is 18.6 Å². The number of nitrogens with zero attached hydrogens (tertiary/aromatic N) is 4. The number of benzene rings is 3. The quantitative estimate of drug-likeness (QED) is 0.310. The summed E-state index contributed by atoms with van der Waals surface area (Å²) in [6.07, 6.45) is 4.18. The Morgan fingerprint density at radius 2 is 1.90 bits per heavy atom. The summed E-state index contributed by atoms with van der Waals surface area (Å²) in [5, 5.41) is 15.7. The Morgan fingerprint density at radius 1 is 1.10 bits per heavy atom. The van der Waals surface area contributed by atoms with Gasteiger partial charge in [0, 0.05) is 42.0 Å². The third-order valence-corrected chi connectivity index (χ3v) is 8.95. The van der Waals surface area contributed by atoms with Gasteiger partial charge in [-0.05, 0) is 81.2 Å². The average molecular weight is 560 g/mol. The van der Waals surface area contributed by atoms with Gasteiger partial charge >= 0.3 is 6.01 Å². The van der Waals surface area contributed by atoms with Crippen LogP contribution in [0.1, 0.15) is 32.6 Å². The molecule has 4 aromatic rings. The number of hydrogen-bond donors (Lipinski definition) is 2. The van der Waals surface area contributed by atoms with Gasteiger partial charge in [0.2, 0.25) is 0 Å². The number of aromatic hydroxyl groups is 1. The number of aromatic nitrogens is 2. The van der Waals surface area contributed by atoms with Crippen molar-refractivity contribution >= 4 is 27.5 Å². The summed E-state index contributed by atoms with van der Waals surface area (Å²) in [6.45, 7) is 4.87. The smallest absolute Gasteiger partial charge is 0.319 e. The van der Waals surface area contributed by atoms with Crippen LogP contribution in [-0.2, 0) is 0 Å². The molecule has 214 valence electrons. The predicted octanol–water partition coefficient (Wildman–Crippen LogP) is 5.49. The number of rotatable bonds is 7. The molecule has 0 amide bonds. The lowest BCUT2D eigenvalue weighted by Gasteiger charge is -2.40. The van der Waals surface area contributed by atoms with Gasteiger partial charge < -0.3 is 25.0 Å². The summed E-state index contributed by atoms with van der Waals surface area (Å²) in [7, 11) is 4.08. The molecule has 41 heavy (non-hydrogen) atoms. The van der Waals surface area contributed by atoms with Crippen molar-refractivity contribution in [1.29, 1.82) is 0 Å². The second kappa shape index (κ2) is 9.49. The number of anilines is 1. The molecule has 1 aromatic heterocycles. The topological polar surface area (TPSA) is 73.8 Å². The number of piperazine rings is 1. The maximum atomic E-state index is 16.6. The maximum Gasteiger partial charge on any atom is 0.319 e. The monoisotopic (exact) mass is 559 g/mol. The zero-order chi connectivity index (χ0) is 28.5. The second-order valence-corrected chi connectivity index (χ2v) is 12.8. The number of ether oxygens (including phenoxy) is 1. The van der Waals surface area contributed by atoms with Crippen LogP contribution >= 0.6 is 0 Å². The van der Waals surface area contributed by atoms with Crippen LogP contribution < -0.4 is 15.0 Å². The van der Waals surface area contributed by atoms with Crippen molar-refractivity contribution in [1.82, 2.24) is 20.2 Å². The van der Waals surface area contributed by atoms with Crippen molar-refractivity contribution in [3.63, 3.8) is 0 Å². The fraction of sp³-hybridized carbons (Fsp3) is 0.438. The Bertz CT molecular complexity index is 1670. The molecular formula is C32H35F2N5O2. The first-order valence-corrected chi connectivity index (χ1v) is 14.3. The van der Waals surface area contributed by atoms with Crippen molar-refractivity contribution in [2.75, 3.05) is 45.2 Å². The van der Waals surface area contributed by atoms with Crippen LogP contribution in [0.5, 0.6) is 11.8 Å². The molecule has 2 aliphatic heterocycles. The van der Waals surface area contributed by atoms with E-state index >= 15 is 8.78 Å². The van der Waals surface area contributed by atoms with Gasteiger partial charge in [0.1, 0.15) is 22.9 Å². The van der Waals surface area contributed by atoms with Gasteiger partial charge in [-0.25, -0.2) is 8.78 Å². The van der Waals surface area contributed by atoms with Crippen LogP contribution in [0.15, 0.2) is 42.5 Å². The summed E-state index contributed by atoms with van der Waals surface area (Å²) in [4.78, 5) is 13.6. The highest BCUT2D eigenvalue weighted by Gasteiger charge is 2.45. The van der Waals surface area contributed by atoms with Gasteiger partial charge in [-0.15, -0.1) is 0 Å². The van der Waals surface area contributed by atoms with E-state index in [0.717, 1.165) is 32.2 Å². The molecule has 3 heterocycles. The van der Waals surface area contributed by atoms with E-state index in [4.69, 9.17) is 9.72 Å². The van der Waals surface area contributed by atoms with E-state index in [1.165, 1.54) is 12.1 Å². The number of phenols is 1. The molecule has 2 atom stereocenters. The van der Waals surface area contributed by atoms with E-state index in [0.29, 0.717) is 41.7 Å². The standard InChI is InChI=1S/C32H35F2N5O2/c1-31-9-8-20(37-31)15-39(16-31)29-24-14-25(33)26(23-13-21(40)12-19-6-4-5-7-22(19)23)27(34)28(24)35-30(36-29)41-18-32(10-11-32)17-38(2)3/h4-7,12-14,20,37,40H,8-11,15-18H2,1-3H3/t20-,31-/m0/s1. The lowest BCUT2D eigenvalue weighted by molar-refractivity contribution is 0.183. The largest absolute Gasteiger partial charge is 0.508 e. The van der Waals surface area contributed by atoms with Crippen molar-refractivity contribution in [3.05, 3.63) is 54.1 Å². The van der Waals surface area contributed by atoms with Gasteiger partial charge in [-0.1, -0.05) is 24.3 Å². The first-order valence-electron chi connectivity index (χ1n) is 14.3. The molecule has 3 fully saturated rings. The highest BCUT2D eigenvalue weighted by molar-refractivity contribution is 6.01. The summed E-state index contributed by atoms with van der Waals surface area (Å²) in [5.41, 5.74) is 0.0101. The maximum absolute atomic E-state index is 16.6. The Kier molecular flexibility index (Phi) is 6.10. The summed E-state index contributed by atoms with van der Waals surface area (Å²) >= 11 is 0. The zero-order valence-corrected chi connectivity index (χ0v) is 23.7. The van der Waals surface area contributed by atoms with Crippen LogP contribution in [0.2, 0.25) is 0 Å². The molecule has 9 heteroatoms. The van der Waals surface area contributed by atoms with Gasteiger partial charge in [-0.2, -0.15) is 9.97 Å². The SMILES string of the molecule is CN(C)CC1(COc2nc(N3C[C@@H]4CC[C@@](C)(C3)N4)c3cc(F)c(-c4cc(O)cc5ccccc45)c(F)c3n2)CC1. The molecule has 3 aromatic carbocycles. The summed E-state index contributed by atoms with van der Waals surface area (Å²) in [6, 6.07) is 12.0. The predicted molar refractivity (Wildman–Crippen MR) is 157 cm³/mol. The molecule has 0 spiro atoms. The van der Waals surface area contributed by atoms with E-state index in [1.807, 2.05) is 32.3 Å². The Balaban J connectivity index is 1.38. The Hall–Kier alpha value is -3.56. The first-order chi connectivity index (χ1) is 19.6. The molecule has 3 aliphatic rings. The van der Waals surface area contributed by atoms with Crippen LogP contribution in [0, 0.1) is 17.0 Å². The Labute approximate surface area is 238 Å². The minimum absolute atomic E-state index is 0.0160. The van der Waals surface area contributed by atoms with Crippen LogP contribution in [0.4, 0.5) is 14.6 Å². The summed E-state index contributed by atoms with van der Waals surface area (Å²) in [5.74, 6) is -1.09. The van der Waals surface area contributed by atoms with Crippen molar-refractivity contribution in [2.45, 2.75) is 44.2 Å². The fourth-order valence-corrected chi connectivity index (χ4v) is 6.93. The molecule has 1 saturated carbocycles. The minimum atomic E-state index is -0.789. The molecule has 2 N–H and O–H groups in total. The van der Waals surface area contributed by atoms with Crippen molar-refractivity contribution in [3.8, 4) is 22.9 Å². The van der Waals surface area contributed by atoms with Gasteiger partial charge in [0.25, 0.3) is 0 Å². The number of halogens is 2. The van der Waals surface area contributed by atoms with E-state index in [9.17, 15) is 5.11 Å². The molecule has 7 nitrogen and oxygen atoms in total. The number of hydrogen-bond acceptors (Lipinski definition) is 7. The van der Waals surface area contributed by atoms with E-state index in [1.54, 1.807) is 12.1 Å². The van der Waals surface area contributed by atoms with E-state index in [-0.39, 0.29) is 45.4 Å². The van der Waals surface area contributed by atoms with Crippen LogP contribution in [0.25, 0.3) is 32.8 Å². The van der Waals surface area contributed by atoms with Crippen LogP contribution in [0.3, 0.4) is 0 Å². The molecular weight excluding hydrogens is 524 g/mol. The van der Waals surface area contributed by atoms with Gasteiger partial charge in [0.05, 0.1) is 12.2 Å². The fourth-order valence-electron chi connectivity index (χ4n) is 6.93. The Morgan fingerprint density at radius 3 is 2.66 bits per heavy atom. The van der Waals surface area contributed by atoms with Crippen LogP contribution in [-0.4, -0.2) is 71.9 Å². The third kappa shape index (κ3) is 4.75. The van der Waals surface area contributed by atoms with Gasteiger partial charge in [-0.3, -0.25) is 0 Å². The average Bonchev–Trinajstić information content (AvgIpc) is 3.62. The lowest BCUT2D eigenvalue weighted by Crippen LogP contribution is -2.58. The normalized spacial score (nSPS) is 23.1. The third-order valence-electron chi connectivity index (χ3n) is 8.95. The second-order valence-electron chi connectivity index (χ2n) is 12.8. The van der Waals surface area contributed by atoms with E-state index < -0.39 is 11.6 Å². The molecule has 0 radical (unpaired) electrons. The molecule has 2 saturated heterocycles. The molecule has 2 bridgehead atoms. The number of nitrogens with one attached hydrogen (secondary N) is 1. The number of phenolic OH excluding ortho intramolecular Hbond substituents is 1. The first kappa shape index (κ1) is 26.3. The van der Waals surface area contributed by atoms with E-state index in [2.05, 4.69) is 27.0 Å². The van der Waals surface area contributed by atoms with Crippen molar-refractivity contribution in [2.24, 2.45) is 5.41 Å². The molecule has 7 rings (SSSR count). The zero-order valence-electron chi connectivity index (χ0n) is 23.7.